The highest BCUT2D eigenvalue weighted by Crippen LogP contribution is 2.15. The molecule has 0 radical (unpaired) electrons. The Morgan fingerprint density at radius 3 is 2.61 bits per heavy atom. The second kappa shape index (κ2) is 9.25. The number of nitrogens with one attached hydrogen (secondary N) is 2. The van der Waals surface area contributed by atoms with E-state index in [0.29, 0.717) is 6.04 Å². The number of thiophene rings is 1. The van der Waals surface area contributed by atoms with Crippen LogP contribution in [0.2, 0.25) is 0 Å². The predicted molar refractivity (Wildman–Crippen MR) is 100 cm³/mol. The molecule has 1 aliphatic rings. The number of rotatable bonds is 6. The van der Waals surface area contributed by atoms with E-state index in [1.165, 1.54) is 9.75 Å². The minimum atomic E-state index is 0.525. The van der Waals surface area contributed by atoms with Gasteiger partial charge in [-0.05, 0) is 40.0 Å². The Morgan fingerprint density at radius 2 is 2.00 bits per heavy atom. The molecule has 5 nitrogen and oxygen atoms in total. The lowest BCUT2D eigenvalue weighted by atomic mass is 10.2. The number of piperazine rings is 1. The Kier molecular flexibility index (Phi) is 7.33. The smallest absolute Gasteiger partial charge is 0.191 e. The third-order valence-electron chi connectivity index (χ3n) is 4.26. The Morgan fingerprint density at radius 1 is 1.26 bits per heavy atom. The van der Waals surface area contributed by atoms with Crippen molar-refractivity contribution in [1.29, 1.82) is 0 Å². The van der Waals surface area contributed by atoms with Crippen LogP contribution >= 0.6 is 11.3 Å². The summed E-state index contributed by atoms with van der Waals surface area (Å²) >= 11 is 1.82. The van der Waals surface area contributed by atoms with Crippen molar-refractivity contribution in [2.24, 2.45) is 4.99 Å². The first-order valence-corrected chi connectivity index (χ1v) is 9.40. The highest BCUT2D eigenvalue weighted by molar-refractivity contribution is 7.11. The van der Waals surface area contributed by atoms with Crippen LogP contribution in [0.15, 0.2) is 17.1 Å². The molecule has 2 heterocycles. The van der Waals surface area contributed by atoms with Crippen LogP contribution in [0.1, 0.15) is 23.6 Å². The molecular weight excluding hydrogens is 306 g/mol. The quantitative estimate of drug-likeness (QED) is 0.613. The van der Waals surface area contributed by atoms with Gasteiger partial charge in [0.1, 0.15) is 0 Å². The highest BCUT2D eigenvalue weighted by Gasteiger charge is 2.18. The summed E-state index contributed by atoms with van der Waals surface area (Å²) < 4.78 is 0. The summed E-state index contributed by atoms with van der Waals surface area (Å²) in [6.07, 6.45) is 0. The lowest BCUT2D eigenvalue weighted by molar-refractivity contribution is 0.120. The number of aliphatic imine (C=N–C) groups is 1. The molecule has 130 valence electrons. The summed E-state index contributed by atoms with van der Waals surface area (Å²) in [5, 5.41) is 6.84. The molecule has 0 aromatic carbocycles. The van der Waals surface area contributed by atoms with E-state index in [1.54, 1.807) is 0 Å². The van der Waals surface area contributed by atoms with Crippen LogP contribution in [-0.4, -0.2) is 68.1 Å². The largest absolute Gasteiger partial charge is 0.357 e. The maximum absolute atomic E-state index is 4.70. The van der Waals surface area contributed by atoms with Crippen LogP contribution in [0.4, 0.5) is 0 Å². The normalized spacial score (nSPS) is 18.9. The Labute approximate surface area is 144 Å². The van der Waals surface area contributed by atoms with Crippen molar-refractivity contribution >= 4 is 17.3 Å². The van der Waals surface area contributed by atoms with Gasteiger partial charge in [0.25, 0.3) is 0 Å². The van der Waals surface area contributed by atoms with Crippen molar-refractivity contribution in [3.63, 3.8) is 0 Å². The highest BCUT2D eigenvalue weighted by atomic mass is 32.1. The van der Waals surface area contributed by atoms with E-state index >= 15 is 0 Å². The zero-order chi connectivity index (χ0) is 16.7. The van der Waals surface area contributed by atoms with Gasteiger partial charge in [-0.3, -0.25) is 4.90 Å². The van der Waals surface area contributed by atoms with Crippen molar-refractivity contribution in [2.75, 3.05) is 46.3 Å². The van der Waals surface area contributed by atoms with Crippen LogP contribution in [0, 0.1) is 6.92 Å². The van der Waals surface area contributed by atoms with Gasteiger partial charge in [0, 0.05) is 55.1 Å². The summed E-state index contributed by atoms with van der Waals surface area (Å²) in [5.74, 6) is 0.916. The molecular formula is C17H31N5S. The van der Waals surface area contributed by atoms with E-state index in [-0.39, 0.29) is 0 Å². The minimum absolute atomic E-state index is 0.525. The molecule has 1 fully saturated rings. The lowest BCUT2D eigenvalue weighted by Crippen LogP contribution is -2.52. The maximum atomic E-state index is 4.70. The van der Waals surface area contributed by atoms with Crippen molar-refractivity contribution < 1.29 is 0 Å². The van der Waals surface area contributed by atoms with Crippen LogP contribution in [0.3, 0.4) is 0 Å². The number of nitrogens with zero attached hydrogens (tertiary/aromatic N) is 3. The molecule has 1 unspecified atom stereocenters. The molecule has 0 spiro atoms. The van der Waals surface area contributed by atoms with E-state index in [4.69, 9.17) is 4.99 Å². The van der Waals surface area contributed by atoms with Crippen LogP contribution in [0.25, 0.3) is 0 Å². The van der Waals surface area contributed by atoms with Gasteiger partial charge >= 0.3 is 0 Å². The molecule has 1 saturated heterocycles. The number of aryl methyl sites for hydroxylation is 1. The first-order chi connectivity index (χ1) is 11.1. The zero-order valence-electron chi connectivity index (χ0n) is 14.9. The van der Waals surface area contributed by atoms with E-state index in [1.807, 2.05) is 11.3 Å². The molecule has 0 amide bonds. The maximum Gasteiger partial charge on any atom is 0.191 e. The van der Waals surface area contributed by atoms with Gasteiger partial charge in [-0.2, -0.15) is 0 Å². The van der Waals surface area contributed by atoms with Gasteiger partial charge in [0.2, 0.25) is 0 Å². The van der Waals surface area contributed by atoms with Gasteiger partial charge in [-0.1, -0.05) is 0 Å². The van der Waals surface area contributed by atoms with Crippen LogP contribution in [0.5, 0.6) is 0 Å². The molecule has 0 saturated carbocycles. The SMILES string of the molecule is CCNC(=NCc1ccc(C)s1)NCC(C)N1CCN(C)CC1. The molecule has 6 heteroatoms. The molecule has 0 bridgehead atoms. The van der Waals surface area contributed by atoms with E-state index in [9.17, 15) is 0 Å². The third kappa shape index (κ3) is 6.12. The van der Waals surface area contributed by atoms with Crippen molar-refractivity contribution in [3.05, 3.63) is 21.9 Å². The first-order valence-electron chi connectivity index (χ1n) is 8.58. The van der Waals surface area contributed by atoms with Crippen LogP contribution < -0.4 is 10.6 Å². The van der Waals surface area contributed by atoms with Gasteiger partial charge in [-0.25, -0.2) is 4.99 Å². The Balaban J connectivity index is 1.81. The lowest BCUT2D eigenvalue weighted by Gasteiger charge is -2.36. The van der Waals surface area contributed by atoms with E-state index < -0.39 is 0 Å². The van der Waals surface area contributed by atoms with Gasteiger partial charge < -0.3 is 15.5 Å². The fraction of sp³-hybridized carbons (Fsp3) is 0.706. The minimum Gasteiger partial charge on any atom is -0.357 e. The average molecular weight is 338 g/mol. The number of hydrogen-bond acceptors (Lipinski definition) is 4. The number of guanidine groups is 1. The second-order valence-corrected chi connectivity index (χ2v) is 7.65. The number of likely N-dealkylation sites (N-methyl/N-ethyl adjacent to an activating group) is 1. The molecule has 2 N–H and O–H groups in total. The van der Waals surface area contributed by atoms with Crippen LogP contribution in [-0.2, 0) is 6.54 Å². The monoisotopic (exact) mass is 337 g/mol. The van der Waals surface area contributed by atoms with E-state index in [0.717, 1.165) is 51.8 Å². The molecule has 1 aliphatic heterocycles. The molecule has 1 aromatic heterocycles. The molecule has 23 heavy (non-hydrogen) atoms. The average Bonchev–Trinajstić information content (AvgIpc) is 2.96. The fourth-order valence-electron chi connectivity index (χ4n) is 2.70. The summed E-state index contributed by atoms with van der Waals surface area (Å²) in [5.41, 5.74) is 0. The summed E-state index contributed by atoms with van der Waals surface area (Å²) in [6, 6.07) is 4.85. The number of hydrogen-bond donors (Lipinski definition) is 2. The topological polar surface area (TPSA) is 42.9 Å². The van der Waals surface area contributed by atoms with Crippen molar-refractivity contribution in [1.82, 2.24) is 20.4 Å². The predicted octanol–water partition coefficient (Wildman–Crippen LogP) is 1.75. The summed E-state index contributed by atoms with van der Waals surface area (Å²) in [6.45, 7) is 13.7. The molecule has 1 atom stereocenters. The molecule has 0 aliphatic carbocycles. The second-order valence-electron chi connectivity index (χ2n) is 6.28. The zero-order valence-corrected chi connectivity index (χ0v) is 15.7. The third-order valence-corrected chi connectivity index (χ3v) is 5.24. The van der Waals surface area contributed by atoms with Gasteiger partial charge in [0.05, 0.1) is 6.54 Å². The molecule has 1 aromatic rings. The first kappa shape index (κ1) is 18.2. The van der Waals surface area contributed by atoms with Crippen molar-refractivity contribution in [2.45, 2.75) is 33.4 Å². The summed E-state index contributed by atoms with van der Waals surface area (Å²) in [4.78, 5) is 12.3. The van der Waals surface area contributed by atoms with Crippen molar-refractivity contribution in [3.8, 4) is 0 Å². The van der Waals surface area contributed by atoms with Gasteiger partial charge in [0.15, 0.2) is 5.96 Å². The molecule has 2 rings (SSSR count). The Bertz CT molecular complexity index is 491. The standard InChI is InChI=1S/C17H31N5S/c1-5-18-17(20-13-16-7-6-15(3)23-16)19-12-14(2)22-10-8-21(4)9-11-22/h6-7,14H,5,8-13H2,1-4H3,(H2,18,19,20). The summed E-state index contributed by atoms with van der Waals surface area (Å²) in [7, 11) is 2.20. The van der Waals surface area contributed by atoms with Gasteiger partial charge in [-0.15, -0.1) is 11.3 Å². The fourth-order valence-corrected chi connectivity index (χ4v) is 3.52. The Hall–Kier alpha value is -1.11. The van der Waals surface area contributed by atoms with E-state index in [2.05, 4.69) is 60.4 Å².